The fourth-order valence-electron chi connectivity index (χ4n) is 2.21. The number of phenols is 1. The molecule has 110 valence electrons. The zero-order chi connectivity index (χ0) is 15.0. The van der Waals surface area contributed by atoms with Crippen molar-refractivity contribution < 1.29 is 14.6 Å². The normalized spacial score (nSPS) is 17.2. The third kappa shape index (κ3) is 3.22. The lowest BCUT2D eigenvalue weighted by Crippen LogP contribution is -2.43. The molecule has 1 aromatic rings. The summed E-state index contributed by atoms with van der Waals surface area (Å²) in [6.07, 6.45) is 2.36. The molecule has 1 aliphatic rings. The number of carbonyl (C=O) groups excluding carboxylic acids is 1. The van der Waals surface area contributed by atoms with Crippen molar-refractivity contribution in [2.75, 3.05) is 5.32 Å². The van der Waals surface area contributed by atoms with Crippen LogP contribution in [-0.2, 0) is 10.3 Å². The lowest BCUT2D eigenvalue weighted by Gasteiger charge is -2.38. The predicted molar refractivity (Wildman–Crippen MR) is 77.7 cm³/mol. The van der Waals surface area contributed by atoms with Crippen molar-refractivity contribution in [1.82, 2.24) is 0 Å². The van der Waals surface area contributed by atoms with Gasteiger partial charge in [0.15, 0.2) is 0 Å². The second-order valence-corrected chi connectivity index (χ2v) is 6.37. The minimum absolute atomic E-state index is 0.00471. The average molecular weight is 278 g/mol. The number of anilines is 1. The van der Waals surface area contributed by atoms with Crippen LogP contribution >= 0.6 is 0 Å². The molecule has 5 heteroatoms. The molecule has 0 radical (unpaired) electrons. The maximum atomic E-state index is 11.7. The van der Waals surface area contributed by atoms with Gasteiger partial charge < -0.3 is 15.6 Å². The average Bonchev–Trinajstić information content (AvgIpc) is 2.26. The summed E-state index contributed by atoms with van der Waals surface area (Å²) in [5, 5.41) is 12.5. The number of rotatable bonds is 2. The van der Waals surface area contributed by atoms with Crippen molar-refractivity contribution in [1.29, 1.82) is 0 Å². The highest BCUT2D eigenvalue weighted by Gasteiger charge is 2.34. The van der Waals surface area contributed by atoms with Crippen LogP contribution in [0, 0.1) is 0 Å². The molecule has 0 bridgehead atoms. The lowest BCUT2D eigenvalue weighted by molar-refractivity contribution is 0.0635. The Labute approximate surface area is 119 Å². The van der Waals surface area contributed by atoms with Crippen molar-refractivity contribution in [3.05, 3.63) is 23.8 Å². The molecule has 1 fully saturated rings. The minimum Gasteiger partial charge on any atom is -0.506 e. The maximum absolute atomic E-state index is 11.7. The van der Waals surface area contributed by atoms with E-state index in [0.717, 1.165) is 24.8 Å². The van der Waals surface area contributed by atoms with E-state index in [1.165, 1.54) is 0 Å². The van der Waals surface area contributed by atoms with Gasteiger partial charge in [0.25, 0.3) is 0 Å². The fourth-order valence-corrected chi connectivity index (χ4v) is 2.21. The van der Waals surface area contributed by atoms with Gasteiger partial charge in [-0.15, -0.1) is 0 Å². The number of hydrogen-bond donors (Lipinski definition) is 3. The van der Waals surface area contributed by atoms with Crippen LogP contribution in [0.2, 0.25) is 0 Å². The number of nitrogens with two attached hydrogens (primary N) is 1. The summed E-state index contributed by atoms with van der Waals surface area (Å²) < 4.78 is 5.14. The molecular weight excluding hydrogens is 256 g/mol. The van der Waals surface area contributed by atoms with Crippen LogP contribution in [0.4, 0.5) is 10.5 Å². The zero-order valence-corrected chi connectivity index (χ0v) is 12.2. The molecule has 1 amide bonds. The Hall–Kier alpha value is -1.75. The quantitative estimate of drug-likeness (QED) is 0.726. The highest BCUT2D eigenvalue weighted by Crippen LogP contribution is 2.40. The molecule has 0 atom stereocenters. The Balaban J connectivity index is 2.08. The summed E-state index contributed by atoms with van der Waals surface area (Å²) in [5.41, 5.74) is 6.52. The zero-order valence-electron chi connectivity index (χ0n) is 12.2. The molecule has 1 aliphatic carbocycles. The highest BCUT2D eigenvalue weighted by atomic mass is 16.6. The van der Waals surface area contributed by atoms with Gasteiger partial charge in [0.2, 0.25) is 0 Å². The summed E-state index contributed by atoms with van der Waals surface area (Å²) in [5.74, 6) is 0.00471. The van der Waals surface area contributed by atoms with Crippen molar-refractivity contribution in [3.8, 4) is 5.75 Å². The summed E-state index contributed by atoms with van der Waals surface area (Å²) in [6, 6.07) is 5.11. The van der Waals surface area contributed by atoms with Gasteiger partial charge in [0, 0.05) is 5.54 Å². The fraction of sp³-hybridized carbons (Fsp3) is 0.533. The number of amides is 1. The van der Waals surface area contributed by atoms with Crippen LogP contribution in [0.15, 0.2) is 18.2 Å². The number of nitrogens with one attached hydrogen (secondary N) is 1. The predicted octanol–water partition coefficient (Wildman–Crippen LogP) is 3.08. The molecule has 1 saturated carbocycles. The minimum atomic E-state index is -0.591. The maximum Gasteiger partial charge on any atom is 0.412 e. The van der Waals surface area contributed by atoms with Crippen molar-refractivity contribution in [2.45, 2.75) is 51.2 Å². The molecule has 0 aliphatic heterocycles. The van der Waals surface area contributed by atoms with E-state index in [1.54, 1.807) is 32.9 Å². The molecule has 0 spiro atoms. The van der Waals surface area contributed by atoms with Gasteiger partial charge in [-0.05, 0) is 57.7 Å². The van der Waals surface area contributed by atoms with Gasteiger partial charge in [-0.1, -0.05) is 6.07 Å². The number of phenolic OH excluding ortho intramolecular Hbond substituents is 1. The molecule has 0 unspecified atom stereocenters. The molecule has 5 nitrogen and oxygen atoms in total. The third-order valence-electron chi connectivity index (χ3n) is 3.45. The molecule has 0 heterocycles. The molecule has 0 saturated heterocycles. The van der Waals surface area contributed by atoms with Crippen LogP contribution in [0.1, 0.15) is 45.6 Å². The van der Waals surface area contributed by atoms with E-state index in [-0.39, 0.29) is 11.3 Å². The first-order chi connectivity index (χ1) is 9.20. The largest absolute Gasteiger partial charge is 0.506 e. The Morgan fingerprint density at radius 2 is 2.05 bits per heavy atom. The van der Waals surface area contributed by atoms with Crippen LogP contribution < -0.4 is 11.1 Å². The first-order valence-corrected chi connectivity index (χ1v) is 6.82. The molecule has 20 heavy (non-hydrogen) atoms. The van der Waals surface area contributed by atoms with Crippen LogP contribution in [0.5, 0.6) is 5.75 Å². The summed E-state index contributed by atoms with van der Waals surface area (Å²) in [4.78, 5) is 11.7. The third-order valence-corrected chi connectivity index (χ3v) is 3.45. The van der Waals surface area contributed by atoms with E-state index in [2.05, 4.69) is 5.32 Å². The molecule has 0 aromatic heterocycles. The Kier molecular flexibility index (Phi) is 3.65. The Morgan fingerprint density at radius 1 is 1.40 bits per heavy atom. The van der Waals surface area contributed by atoms with Crippen LogP contribution in [-0.4, -0.2) is 16.8 Å². The highest BCUT2D eigenvalue weighted by molar-refractivity contribution is 5.87. The van der Waals surface area contributed by atoms with E-state index in [1.807, 2.05) is 6.07 Å². The van der Waals surface area contributed by atoms with E-state index in [4.69, 9.17) is 10.5 Å². The second-order valence-electron chi connectivity index (χ2n) is 6.37. The van der Waals surface area contributed by atoms with Gasteiger partial charge >= 0.3 is 6.09 Å². The van der Waals surface area contributed by atoms with E-state index < -0.39 is 11.7 Å². The van der Waals surface area contributed by atoms with Gasteiger partial charge in [-0.25, -0.2) is 4.79 Å². The van der Waals surface area contributed by atoms with E-state index >= 15 is 0 Å². The second kappa shape index (κ2) is 4.98. The van der Waals surface area contributed by atoms with Gasteiger partial charge in [0.1, 0.15) is 11.4 Å². The van der Waals surface area contributed by atoms with E-state index in [0.29, 0.717) is 5.69 Å². The number of aromatic hydroxyl groups is 1. The van der Waals surface area contributed by atoms with Gasteiger partial charge in [-0.2, -0.15) is 0 Å². The smallest absolute Gasteiger partial charge is 0.412 e. The molecule has 2 rings (SSSR count). The number of carbonyl (C=O) groups is 1. The molecule has 1 aromatic carbocycles. The summed E-state index contributed by atoms with van der Waals surface area (Å²) in [6.45, 7) is 5.35. The van der Waals surface area contributed by atoms with E-state index in [9.17, 15) is 9.90 Å². The lowest BCUT2D eigenvalue weighted by atomic mass is 9.73. The van der Waals surface area contributed by atoms with Gasteiger partial charge in [0.05, 0.1) is 5.69 Å². The van der Waals surface area contributed by atoms with Crippen LogP contribution in [0.3, 0.4) is 0 Å². The van der Waals surface area contributed by atoms with Crippen molar-refractivity contribution >= 4 is 11.8 Å². The summed E-state index contributed by atoms with van der Waals surface area (Å²) in [7, 11) is 0. The first kappa shape index (κ1) is 14.7. The van der Waals surface area contributed by atoms with Crippen molar-refractivity contribution in [2.24, 2.45) is 5.73 Å². The SMILES string of the molecule is CC(C)(C)OC(=O)Nc1ccc(C2(N)CCC2)cc1O. The first-order valence-electron chi connectivity index (χ1n) is 6.82. The Morgan fingerprint density at radius 3 is 2.50 bits per heavy atom. The number of ether oxygens (including phenoxy) is 1. The number of hydrogen-bond acceptors (Lipinski definition) is 4. The summed E-state index contributed by atoms with van der Waals surface area (Å²) >= 11 is 0. The molecular formula is C15H22N2O3. The van der Waals surface area contributed by atoms with Crippen molar-refractivity contribution in [3.63, 3.8) is 0 Å². The Bertz CT molecular complexity index is 516. The number of benzene rings is 1. The topological polar surface area (TPSA) is 84.6 Å². The monoisotopic (exact) mass is 278 g/mol. The van der Waals surface area contributed by atoms with Crippen LogP contribution in [0.25, 0.3) is 0 Å². The standard InChI is InChI=1S/C15H22N2O3/c1-14(2,3)20-13(19)17-11-6-5-10(9-12(11)18)15(16)7-4-8-15/h5-6,9,18H,4,7-8,16H2,1-3H3,(H,17,19). The van der Waals surface area contributed by atoms with Gasteiger partial charge in [-0.3, -0.25) is 5.32 Å². The molecule has 4 N–H and O–H groups in total.